The molecule has 9 nitrogen and oxygen atoms in total. The van der Waals surface area contributed by atoms with Gasteiger partial charge in [0.2, 0.25) is 11.8 Å². The van der Waals surface area contributed by atoms with Crippen molar-refractivity contribution in [2.24, 2.45) is 16.6 Å². The molecule has 3 heterocycles. The van der Waals surface area contributed by atoms with E-state index < -0.39 is 11.9 Å². The molecule has 0 aromatic heterocycles. The molecule has 5 N–H and O–H groups in total. The summed E-state index contributed by atoms with van der Waals surface area (Å²) in [5.41, 5.74) is 6.97. The first-order valence-electron chi connectivity index (χ1n) is 10.4. The van der Waals surface area contributed by atoms with E-state index in [-0.39, 0.29) is 40.0 Å². The van der Waals surface area contributed by atoms with E-state index in [4.69, 9.17) is 17.3 Å². The second-order valence-corrected chi connectivity index (χ2v) is 9.14. The monoisotopic (exact) mass is 579 g/mol. The van der Waals surface area contributed by atoms with E-state index in [1.54, 1.807) is 29.1 Å². The molecule has 2 unspecified atom stereocenters. The lowest BCUT2D eigenvalue weighted by atomic mass is 9.93. The summed E-state index contributed by atoms with van der Waals surface area (Å²) in [4.78, 5) is 32.0. The third kappa shape index (κ3) is 5.66. The maximum atomic E-state index is 14.6. The van der Waals surface area contributed by atoms with Crippen LogP contribution in [0.25, 0.3) is 0 Å². The lowest BCUT2D eigenvalue weighted by Gasteiger charge is -2.35. The van der Waals surface area contributed by atoms with Crippen molar-refractivity contribution in [1.29, 1.82) is 0 Å². The Morgan fingerprint density at radius 1 is 1.31 bits per heavy atom. The third-order valence-electron chi connectivity index (χ3n) is 5.72. The first kappa shape index (κ1) is 24.6. The number of amidine groups is 1. The van der Waals surface area contributed by atoms with Gasteiger partial charge in [0.25, 0.3) is 0 Å². The first-order chi connectivity index (χ1) is 15.2. The molecule has 0 radical (unpaired) electrons. The minimum Gasteiger partial charge on any atom is -0.383 e. The highest BCUT2D eigenvalue weighted by molar-refractivity contribution is 14.1. The molecule has 176 valence electrons. The van der Waals surface area contributed by atoms with Crippen LogP contribution in [0.5, 0.6) is 0 Å². The van der Waals surface area contributed by atoms with E-state index in [2.05, 4.69) is 20.9 Å². The number of carbonyl (C=O) groups excluding carboxylic acids is 2. The Morgan fingerprint density at radius 3 is 2.56 bits per heavy atom. The van der Waals surface area contributed by atoms with Crippen LogP contribution in [0.3, 0.4) is 0 Å². The van der Waals surface area contributed by atoms with Gasteiger partial charge in [-0.1, -0.05) is 34.2 Å². The predicted octanol–water partition coefficient (Wildman–Crippen LogP) is 1.09. The number of piperazine rings is 1. The first-order valence-corrected chi connectivity index (χ1v) is 12.3. The summed E-state index contributed by atoms with van der Waals surface area (Å²) < 4.78 is 14.7. The topological polar surface area (TPSA) is 115 Å². The number of fused-ring (bicyclic) bond motifs is 1. The molecule has 0 aromatic carbocycles. The number of nitrogens with two attached hydrogens (primary N) is 1. The molecule has 3 aliphatic rings. The van der Waals surface area contributed by atoms with Gasteiger partial charge in [-0.05, 0) is 13.3 Å². The van der Waals surface area contributed by atoms with Gasteiger partial charge in [-0.3, -0.25) is 9.59 Å². The van der Waals surface area contributed by atoms with Crippen molar-refractivity contribution < 1.29 is 14.0 Å². The van der Waals surface area contributed by atoms with Crippen LogP contribution in [0.4, 0.5) is 4.39 Å². The molecule has 32 heavy (non-hydrogen) atoms. The zero-order chi connectivity index (χ0) is 23.4. The zero-order valence-electron chi connectivity index (χ0n) is 18.0. The van der Waals surface area contributed by atoms with Crippen LogP contribution < -0.4 is 21.7 Å². The van der Waals surface area contributed by atoms with Crippen LogP contribution in [0.15, 0.2) is 39.6 Å². The summed E-state index contributed by atoms with van der Waals surface area (Å²) in [6.45, 7) is 5.02. The Morgan fingerprint density at radius 2 is 1.94 bits per heavy atom. The van der Waals surface area contributed by atoms with Crippen LogP contribution in [-0.4, -0.2) is 70.3 Å². The van der Waals surface area contributed by atoms with Gasteiger partial charge in [-0.2, -0.15) is 0 Å². The maximum Gasteiger partial charge on any atom is 0.244 e. The van der Waals surface area contributed by atoms with Crippen molar-refractivity contribution >= 4 is 51.8 Å². The average Bonchev–Trinajstić information content (AvgIpc) is 3.20. The van der Waals surface area contributed by atoms with Crippen LogP contribution >= 0.6 is 34.2 Å². The van der Waals surface area contributed by atoms with E-state index in [1.807, 2.05) is 22.6 Å². The smallest absolute Gasteiger partial charge is 0.244 e. The van der Waals surface area contributed by atoms with Crippen LogP contribution in [-0.2, 0) is 9.59 Å². The number of carbonyl (C=O) groups is 2. The molecule has 0 bridgehead atoms. The van der Waals surface area contributed by atoms with Gasteiger partial charge in [0.05, 0.1) is 4.43 Å². The Labute approximate surface area is 205 Å². The number of aliphatic imine (C=N–C) groups is 1. The largest absolute Gasteiger partial charge is 0.383 e. The fraction of sp³-hybridized carbons (Fsp3) is 0.550. The van der Waals surface area contributed by atoms with Crippen molar-refractivity contribution in [2.75, 3.05) is 30.6 Å². The van der Waals surface area contributed by atoms with Crippen molar-refractivity contribution in [3.8, 4) is 0 Å². The zero-order valence-corrected chi connectivity index (χ0v) is 20.9. The second kappa shape index (κ2) is 10.7. The van der Waals surface area contributed by atoms with Crippen molar-refractivity contribution in [3.05, 3.63) is 34.7 Å². The quantitative estimate of drug-likeness (QED) is 0.162. The minimum absolute atomic E-state index is 0.00897. The number of allylic oxidation sites excluding steroid dienone is 2. The summed E-state index contributed by atoms with van der Waals surface area (Å²) in [6.07, 6.45) is 4.04. The van der Waals surface area contributed by atoms with Crippen LogP contribution in [0.1, 0.15) is 20.3 Å². The summed E-state index contributed by atoms with van der Waals surface area (Å²) in [5, 5.41) is 9.90. The number of amides is 2. The molecule has 0 aromatic rings. The molecule has 3 rings (SSSR count). The Kier molecular flexibility index (Phi) is 8.26. The van der Waals surface area contributed by atoms with Crippen molar-refractivity contribution in [1.82, 2.24) is 25.8 Å². The van der Waals surface area contributed by atoms with Crippen molar-refractivity contribution in [3.63, 3.8) is 0 Å². The SMILES string of the molecule is CC(=O)N1CCN(C(=O)[C@@H](C)N/C(N=C(N)C2=CNC3NC=C(Cl)CC23)=C(\F)CI)CC1. The molecule has 12 heteroatoms. The van der Waals surface area contributed by atoms with E-state index >= 15 is 0 Å². The van der Waals surface area contributed by atoms with Gasteiger partial charge >= 0.3 is 0 Å². The van der Waals surface area contributed by atoms with Crippen LogP contribution in [0.2, 0.25) is 0 Å². The molecule has 1 fully saturated rings. The molecular weight excluding hydrogens is 552 g/mol. The van der Waals surface area contributed by atoms with Crippen molar-refractivity contribution in [2.45, 2.75) is 32.5 Å². The summed E-state index contributed by atoms with van der Waals surface area (Å²) in [7, 11) is 0. The number of alkyl halides is 1. The minimum atomic E-state index is -0.712. The van der Waals surface area contributed by atoms with E-state index in [1.165, 1.54) is 6.92 Å². The van der Waals surface area contributed by atoms with E-state index in [0.29, 0.717) is 37.6 Å². The molecule has 0 aliphatic carbocycles. The maximum absolute atomic E-state index is 14.6. The van der Waals surface area contributed by atoms with Gasteiger partial charge in [-0.15, -0.1) is 0 Å². The van der Waals surface area contributed by atoms with Gasteiger partial charge in [0.15, 0.2) is 11.6 Å². The lowest BCUT2D eigenvalue weighted by Crippen LogP contribution is -2.54. The highest BCUT2D eigenvalue weighted by atomic mass is 127. The highest BCUT2D eigenvalue weighted by Gasteiger charge is 2.34. The number of hydrogen-bond acceptors (Lipinski definition) is 6. The van der Waals surface area contributed by atoms with Crippen LogP contribution in [0, 0.1) is 5.92 Å². The molecule has 0 spiro atoms. The number of rotatable bonds is 6. The van der Waals surface area contributed by atoms with Gasteiger partial charge in [0.1, 0.15) is 18.0 Å². The highest BCUT2D eigenvalue weighted by Crippen LogP contribution is 2.31. The molecule has 2 amide bonds. The summed E-state index contributed by atoms with van der Waals surface area (Å²) >= 11 is 8.05. The summed E-state index contributed by atoms with van der Waals surface area (Å²) in [5.74, 6) is -0.624. The predicted molar refractivity (Wildman–Crippen MR) is 130 cm³/mol. The average molecular weight is 580 g/mol. The fourth-order valence-corrected chi connectivity index (χ4v) is 4.48. The number of nitrogens with one attached hydrogen (secondary N) is 3. The Balaban J connectivity index is 1.69. The third-order valence-corrected chi connectivity index (χ3v) is 6.65. The molecule has 1 saturated heterocycles. The van der Waals surface area contributed by atoms with E-state index in [0.717, 1.165) is 5.57 Å². The Hall–Kier alpha value is -2.02. The summed E-state index contributed by atoms with van der Waals surface area (Å²) in [6, 6.07) is -0.712. The van der Waals surface area contributed by atoms with Gasteiger partial charge in [-0.25, -0.2) is 9.38 Å². The molecular formula is C20H28ClFIN7O2. The van der Waals surface area contributed by atoms with E-state index in [9.17, 15) is 14.0 Å². The number of halogens is 3. The lowest BCUT2D eigenvalue weighted by molar-refractivity contribution is -0.139. The van der Waals surface area contributed by atoms with Gasteiger partial charge < -0.3 is 31.5 Å². The molecule has 0 saturated carbocycles. The normalized spacial score (nSPS) is 25.0. The van der Waals surface area contributed by atoms with Gasteiger partial charge in [0, 0.05) is 62.0 Å². The second-order valence-electron chi connectivity index (χ2n) is 7.89. The fourth-order valence-electron chi connectivity index (χ4n) is 3.89. The Bertz CT molecular complexity index is 883. The number of nitrogens with zero attached hydrogens (tertiary/aromatic N) is 3. The molecule has 3 aliphatic heterocycles. The standard InChI is InChI=1S/C20H28ClFIN7O2/c1-11(20(32)30-5-3-29(4-6-30)12(2)31)27-19(16(22)8-23)28-17(24)15-10-26-18-14(15)7-13(21)9-25-18/h9-11,14,18,25-27H,3-8H2,1-2H3,(H2,24,28)/b19-16+/t11-,14?,18?/m1/s1. The molecule has 3 atom stereocenters. The number of hydrogen-bond donors (Lipinski definition) is 4.